The van der Waals surface area contributed by atoms with E-state index in [0.29, 0.717) is 4.31 Å². The van der Waals surface area contributed by atoms with Crippen molar-refractivity contribution in [3.63, 3.8) is 0 Å². The van der Waals surface area contributed by atoms with Crippen LogP contribution in [0.1, 0.15) is 13.3 Å². The molecule has 10 heteroatoms. The Hall–Kier alpha value is -1.29. The fourth-order valence-electron chi connectivity index (χ4n) is 1.61. The molecule has 0 spiro atoms. The van der Waals surface area contributed by atoms with Crippen LogP contribution in [0, 0.1) is 0 Å². The molecule has 1 aromatic heterocycles. The minimum atomic E-state index is -4.62. The summed E-state index contributed by atoms with van der Waals surface area (Å²) >= 11 is 0. The highest BCUT2D eigenvalue weighted by atomic mass is 32.2. The van der Waals surface area contributed by atoms with Crippen LogP contribution in [0.5, 0.6) is 0 Å². The van der Waals surface area contributed by atoms with E-state index in [1.165, 1.54) is 7.05 Å². The van der Waals surface area contributed by atoms with E-state index >= 15 is 0 Å². The maximum atomic E-state index is 12.4. The lowest BCUT2D eigenvalue weighted by Crippen LogP contribution is -2.40. The first kappa shape index (κ1) is 15.8. The fourth-order valence-corrected chi connectivity index (χ4v) is 3.32. The van der Waals surface area contributed by atoms with Gasteiger partial charge in [-0.25, -0.2) is 13.4 Å². The minimum Gasteiger partial charge on any atom is -0.381 e. The SMILES string of the molecule is CCCN(CC(F)(F)F)S(=O)(=O)c1c(N)ncn1C. The summed E-state index contributed by atoms with van der Waals surface area (Å²) in [4.78, 5) is 3.58. The number of hydrogen-bond acceptors (Lipinski definition) is 4. The van der Waals surface area contributed by atoms with Crippen molar-refractivity contribution in [2.45, 2.75) is 24.5 Å². The molecule has 0 saturated heterocycles. The van der Waals surface area contributed by atoms with Gasteiger partial charge in [0, 0.05) is 13.6 Å². The van der Waals surface area contributed by atoms with Crippen LogP contribution in [0.2, 0.25) is 0 Å². The number of hydrogen-bond donors (Lipinski definition) is 1. The van der Waals surface area contributed by atoms with Gasteiger partial charge in [-0.1, -0.05) is 6.92 Å². The molecule has 1 aromatic rings. The average Bonchev–Trinajstić information content (AvgIpc) is 2.56. The normalized spacial score (nSPS) is 13.2. The zero-order valence-corrected chi connectivity index (χ0v) is 11.3. The summed E-state index contributed by atoms with van der Waals surface area (Å²) < 4.78 is 63.2. The Kier molecular flexibility index (Phi) is 4.46. The van der Waals surface area contributed by atoms with E-state index in [0.717, 1.165) is 10.9 Å². The highest BCUT2D eigenvalue weighted by molar-refractivity contribution is 7.89. The maximum absolute atomic E-state index is 12.4. The van der Waals surface area contributed by atoms with Crippen LogP contribution in [0.4, 0.5) is 19.0 Å². The minimum absolute atomic E-state index is 0.244. The lowest BCUT2D eigenvalue weighted by molar-refractivity contribution is -0.136. The third kappa shape index (κ3) is 3.60. The van der Waals surface area contributed by atoms with Crippen LogP contribution in [0.15, 0.2) is 11.4 Å². The van der Waals surface area contributed by atoms with E-state index in [1.54, 1.807) is 6.92 Å². The van der Waals surface area contributed by atoms with Gasteiger partial charge in [0.2, 0.25) is 0 Å². The summed E-state index contributed by atoms with van der Waals surface area (Å²) in [7, 11) is -2.97. The van der Waals surface area contributed by atoms with Gasteiger partial charge in [0.25, 0.3) is 10.0 Å². The first-order chi connectivity index (χ1) is 8.59. The molecule has 1 rings (SSSR count). The molecule has 0 amide bonds. The number of sulfonamides is 1. The molecule has 0 saturated carbocycles. The number of aryl methyl sites for hydroxylation is 1. The number of imidazole rings is 1. The lowest BCUT2D eigenvalue weighted by atomic mass is 10.5. The molecule has 0 unspecified atom stereocenters. The first-order valence-electron chi connectivity index (χ1n) is 5.43. The Balaban J connectivity index is 3.21. The van der Waals surface area contributed by atoms with Crippen molar-refractivity contribution in [1.29, 1.82) is 0 Å². The van der Waals surface area contributed by atoms with Crippen molar-refractivity contribution in [2.24, 2.45) is 7.05 Å². The van der Waals surface area contributed by atoms with Crippen molar-refractivity contribution >= 4 is 15.8 Å². The number of rotatable bonds is 5. The molecule has 0 aromatic carbocycles. The van der Waals surface area contributed by atoms with Gasteiger partial charge in [-0.15, -0.1) is 0 Å². The lowest BCUT2D eigenvalue weighted by Gasteiger charge is -2.22. The van der Waals surface area contributed by atoms with Crippen LogP contribution in [-0.2, 0) is 17.1 Å². The largest absolute Gasteiger partial charge is 0.402 e. The second kappa shape index (κ2) is 5.37. The molecule has 19 heavy (non-hydrogen) atoms. The molecular formula is C9H15F3N4O2S. The molecule has 0 bridgehead atoms. The molecule has 2 N–H and O–H groups in total. The molecule has 0 atom stereocenters. The molecule has 0 aliphatic rings. The molecular weight excluding hydrogens is 285 g/mol. The predicted molar refractivity (Wildman–Crippen MR) is 62.7 cm³/mol. The van der Waals surface area contributed by atoms with Gasteiger partial charge in [-0.05, 0) is 6.42 Å². The number of nitrogens with zero attached hydrogens (tertiary/aromatic N) is 3. The topological polar surface area (TPSA) is 81.2 Å². The van der Waals surface area contributed by atoms with E-state index in [-0.39, 0.29) is 18.8 Å². The summed E-state index contributed by atoms with van der Waals surface area (Å²) in [6.07, 6.45) is -3.22. The zero-order valence-electron chi connectivity index (χ0n) is 10.5. The van der Waals surface area contributed by atoms with Gasteiger partial charge in [0.1, 0.15) is 6.54 Å². The number of halogens is 3. The molecule has 0 aliphatic carbocycles. The van der Waals surface area contributed by atoms with E-state index in [1.807, 2.05) is 0 Å². The molecule has 0 fully saturated rings. The Labute approximate surface area is 109 Å². The van der Waals surface area contributed by atoms with Gasteiger partial charge in [0.05, 0.1) is 6.33 Å². The molecule has 1 heterocycles. The van der Waals surface area contributed by atoms with Gasteiger partial charge in [-0.2, -0.15) is 17.5 Å². The van der Waals surface area contributed by atoms with Crippen molar-refractivity contribution in [2.75, 3.05) is 18.8 Å². The smallest absolute Gasteiger partial charge is 0.381 e. The number of nitrogens with two attached hydrogens (primary N) is 1. The van der Waals surface area contributed by atoms with Crippen LogP contribution < -0.4 is 5.73 Å². The van der Waals surface area contributed by atoms with Gasteiger partial charge >= 0.3 is 6.18 Å². The van der Waals surface area contributed by atoms with Gasteiger partial charge in [-0.3, -0.25) is 0 Å². The Morgan fingerprint density at radius 2 is 2.05 bits per heavy atom. The Bertz CT molecular complexity index is 519. The van der Waals surface area contributed by atoms with Gasteiger partial charge in [0.15, 0.2) is 10.8 Å². The van der Waals surface area contributed by atoms with Crippen LogP contribution in [0.25, 0.3) is 0 Å². The maximum Gasteiger partial charge on any atom is 0.402 e. The zero-order chi connectivity index (χ0) is 14.8. The molecule has 110 valence electrons. The molecule has 0 aliphatic heterocycles. The van der Waals surface area contributed by atoms with Crippen molar-refractivity contribution in [3.8, 4) is 0 Å². The van der Waals surface area contributed by atoms with Crippen LogP contribution >= 0.6 is 0 Å². The summed E-state index contributed by atoms with van der Waals surface area (Å²) in [5, 5.41) is -0.426. The van der Waals surface area contributed by atoms with E-state index < -0.39 is 27.8 Å². The highest BCUT2D eigenvalue weighted by Crippen LogP contribution is 2.25. The van der Waals surface area contributed by atoms with Crippen LogP contribution in [-0.4, -0.2) is 41.5 Å². The standard InChI is InChI=1S/C9H15F3N4O2S/c1-3-4-16(5-9(10,11)12)19(17,18)8-7(13)14-6-15(8)2/h6H,3-5,13H2,1-2H3. The monoisotopic (exact) mass is 300 g/mol. The van der Waals surface area contributed by atoms with E-state index in [4.69, 9.17) is 5.73 Å². The van der Waals surface area contributed by atoms with E-state index in [9.17, 15) is 21.6 Å². The van der Waals surface area contributed by atoms with E-state index in [2.05, 4.69) is 4.98 Å². The third-order valence-corrected chi connectivity index (χ3v) is 4.30. The predicted octanol–water partition coefficient (Wildman–Crippen LogP) is 0.965. The fraction of sp³-hybridized carbons (Fsp3) is 0.667. The molecule has 6 nitrogen and oxygen atoms in total. The summed E-state index contributed by atoms with van der Waals surface area (Å²) in [5.74, 6) is -0.314. The Morgan fingerprint density at radius 1 is 1.47 bits per heavy atom. The third-order valence-electron chi connectivity index (χ3n) is 2.32. The summed E-state index contributed by atoms with van der Waals surface area (Å²) in [6, 6.07) is 0. The van der Waals surface area contributed by atoms with Crippen molar-refractivity contribution in [1.82, 2.24) is 13.9 Å². The quantitative estimate of drug-likeness (QED) is 0.878. The van der Waals surface area contributed by atoms with Crippen molar-refractivity contribution < 1.29 is 21.6 Å². The first-order valence-corrected chi connectivity index (χ1v) is 6.87. The number of nitrogen functional groups attached to an aromatic ring is 1. The van der Waals surface area contributed by atoms with Crippen molar-refractivity contribution in [3.05, 3.63) is 6.33 Å². The summed E-state index contributed by atoms with van der Waals surface area (Å²) in [5.41, 5.74) is 5.41. The van der Waals surface area contributed by atoms with Crippen LogP contribution in [0.3, 0.4) is 0 Å². The number of alkyl halides is 3. The average molecular weight is 300 g/mol. The molecule has 0 radical (unpaired) electrons. The number of aromatic nitrogens is 2. The second-order valence-corrected chi connectivity index (χ2v) is 5.85. The number of anilines is 1. The van der Waals surface area contributed by atoms with Gasteiger partial charge < -0.3 is 10.3 Å². The summed E-state index contributed by atoms with van der Waals surface area (Å²) in [6.45, 7) is -0.203. The highest BCUT2D eigenvalue weighted by Gasteiger charge is 2.38. The Morgan fingerprint density at radius 3 is 2.42 bits per heavy atom. The second-order valence-electron chi connectivity index (χ2n) is 4.00.